The molecule has 0 bridgehead atoms. The van der Waals surface area contributed by atoms with Gasteiger partial charge in [-0.2, -0.15) is 0 Å². The average Bonchev–Trinajstić information content (AvgIpc) is 3.10. The van der Waals surface area contributed by atoms with Crippen molar-refractivity contribution >= 4 is 44.6 Å². The number of ether oxygens (including phenoxy) is 2. The number of esters is 2. The number of carbonyl (C=O) groups excluding carboxylic acids is 2. The molecule has 24 heavy (non-hydrogen) atoms. The maximum absolute atomic E-state index is 11.0. The van der Waals surface area contributed by atoms with Crippen LogP contribution in [0.1, 0.15) is 31.8 Å². The van der Waals surface area contributed by atoms with Crippen LogP contribution in [-0.4, -0.2) is 31.1 Å². The van der Waals surface area contributed by atoms with Crippen molar-refractivity contribution in [3.05, 3.63) is 43.1 Å². The van der Waals surface area contributed by atoms with Crippen molar-refractivity contribution in [3.8, 4) is 0 Å². The Kier molecular flexibility index (Phi) is 6.86. The van der Waals surface area contributed by atoms with E-state index in [0.29, 0.717) is 16.1 Å². The van der Waals surface area contributed by atoms with Gasteiger partial charge in [-0.3, -0.25) is 10.1 Å². The minimum Gasteiger partial charge on any atom is -0.465 e. The Labute approximate surface area is 146 Å². The number of rotatable bonds is 3. The van der Waals surface area contributed by atoms with E-state index in [4.69, 9.17) is 5.73 Å². The van der Waals surface area contributed by atoms with Crippen LogP contribution in [0, 0.1) is 24.0 Å². The molecule has 0 radical (unpaired) electrons. The number of methoxy groups -OCH3 is 2. The predicted octanol–water partition coefficient (Wildman–Crippen LogP) is 3.18. The van der Waals surface area contributed by atoms with Gasteiger partial charge in [0.2, 0.25) is 0 Å². The van der Waals surface area contributed by atoms with Gasteiger partial charge in [-0.05, 0) is 19.4 Å². The first kappa shape index (κ1) is 19.6. The second-order valence-electron chi connectivity index (χ2n) is 4.46. The number of carbonyl (C=O) groups is 2. The fourth-order valence-corrected chi connectivity index (χ4v) is 3.32. The molecule has 0 aliphatic heterocycles. The van der Waals surface area contributed by atoms with Gasteiger partial charge in [0.15, 0.2) is 0 Å². The van der Waals surface area contributed by atoms with Gasteiger partial charge < -0.3 is 15.2 Å². The Bertz CT molecular complexity index is 765. The van der Waals surface area contributed by atoms with Crippen molar-refractivity contribution in [2.75, 3.05) is 20.0 Å². The highest BCUT2D eigenvalue weighted by molar-refractivity contribution is 7.14. The number of hydrogen-bond donors (Lipinski definition) is 1. The van der Waals surface area contributed by atoms with Gasteiger partial charge in [0.1, 0.15) is 0 Å². The molecule has 0 saturated carbocycles. The standard InChI is InChI=1S/C7H7NO4S.C7H9NO2S/c1-4-5(7(9)12-2)3-13-6(4)8(10)11;1-4-5(7(9)10-2)3-11-6(4)8/h3H,1-2H3;3H,8H2,1-2H3. The van der Waals surface area contributed by atoms with Gasteiger partial charge in [0.25, 0.3) is 0 Å². The van der Waals surface area contributed by atoms with Crippen molar-refractivity contribution < 1.29 is 24.0 Å². The lowest BCUT2D eigenvalue weighted by molar-refractivity contribution is -0.380. The first-order valence-corrected chi connectivity index (χ1v) is 8.23. The molecule has 2 N–H and O–H groups in total. The summed E-state index contributed by atoms with van der Waals surface area (Å²) in [4.78, 5) is 31.9. The Morgan fingerprint density at radius 2 is 1.50 bits per heavy atom. The van der Waals surface area contributed by atoms with Crippen LogP contribution in [-0.2, 0) is 9.47 Å². The molecule has 130 valence electrons. The van der Waals surface area contributed by atoms with Gasteiger partial charge in [-0.15, -0.1) is 11.3 Å². The molecule has 0 aromatic carbocycles. The van der Waals surface area contributed by atoms with Crippen molar-refractivity contribution in [3.63, 3.8) is 0 Å². The quantitative estimate of drug-likeness (QED) is 0.499. The largest absolute Gasteiger partial charge is 0.465 e. The van der Waals surface area contributed by atoms with Crippen LogP contribution in [0.15, 0.2) is 10.8 Å². The summed E-state index contributed by atoms with van der Waals surface area (Å²) in [6, 6.07) is 0. The molecule has 0 atom stereocenters. The summed E-state index contributed by atoms with van der Waals surface area (Å²) in [7, 11) is 2.60. The van der Waals surface area contributed by atoms with Crippen molar-refractivity contribution in [2.24, 2.45) is 0 Å². The SMILES string of the molecule is COC(=O)c1csc(N)c1C.COC(=O)c1csc([N+](=O)[O-])c1C. The zero-order chi connectivity index (χ0) is 18.4. The fourth-order valence-electron chi connectivity index (χ4n) is 1.64. The van der Waals surface area contributed by atoms with E-state index in [2.05, 4.69) is 9.47 Å². The third-order valence-corrected chi connectivity index (χ3v) is 5.01. The maximum atomic E-state index is 11.0. The number of nitrogen functional groups attached to an aromatic ring is 1. The summed E-state index contributed by atoms with van der Waals surface area (Å²) in [6.07, 6.45) is 0. The molecule has 0 aliphatic rings. The average molecular weight is 372 g/mol. The summed E-state index contributed by atoms with van der Waals surface area (Å²) in [5.41, 5.74) is 7.54. The fraction of sp³-hybridized carbons (Fsp3) is 0.286. The normalized spacial score (nSPS) is 9.67. The van der Waals surface area contributed by atoms with E-state index in [-0.39, 0.29) is 16.5 Å². The lowest BCUT2D eigenvalue weighted by atomic mass is 10.2. The summed E-state index contributed by atoms with van der Waals surface area (Å²) in [5, 5.41) is 14.2. The summed E-state index contributed by atoms with van der Waals surface area (Å²) in [5.74, 6) is -0.864. The minimum absolute atomic E-state index is 0.0135. The van der Waals surface area contributed by atoms with Gasteiger partial charge in [-0.25, -0.2) is 9.59 Å². The van der Waals surface area contributed by atoms with Gasteiger partial charge in [0, 0.05) is 10.8 Å². The number of nitro groups is 1. The van der Waals surface area contributed by atoms with Gasteiger partial charge in [0.05, 0.1) is 40.8 Å². The number of anilines is 1. The first-order valence-electron chi connectivity index (χ1n) is 6.47. The Balaban J connectivity index is 0.000000243. The molecule has 0 fully saturated rings. The summed E-state index contributed by atoms with van der Waals surface area (Å²) >= 11 is 2.28. The Hall–Kier alpha value is -2.46. The highest BCUT2D eigenvalue weighted by atomic mass is 32.1. The molecule has 2 heterocycles. The number of thiophene rings is 2. The van der Waals surface area contributed by atoms with Crippen LogP contribution >= 0.6 is 22.7 Å². The van der Waals surface area contributed by atoms with Crippen molar-refractivity contribution in [1.29, 1.82) is 0 Å². The second-order valence-corrected chi connectivity index (χ2v) is 6.23. The van der Waals surface area contributed by atoms with E-state index in [1.165, 1.54) is 37.9 Å². The predicted molar refractivity (Wildman–Crippen MR) is 91.9 cm³/mol. The summed E-state index contributed by atoms with van der Waals surface area (Å²) < 4.78 is 9.00. The van der Waals surface area contributed by atoms with E-state index in [0.717, 1.165) is 16.9 Å². The molecule has 2 rings (SSSR count). The molecule has 0 saturated heterocycles. The lowest BCUT2D eigenvalue weighted by Crippen LogP contribution is -2.01. The van der Waals surface area contributed by atoms with Crippen LogP contribution in [0.25, 0.3) is 0 Å². The Morgan fingerprint density at radius 1 is 1.04 bits per heavy atom. The van der Waals surface area contributed by atoms with Crippen LogP contribution in [0.2, 0.25) is 0 Å². The molecule has 8 nitrogen and oxygen atoms in total. The van der Waals surface area contributed by atoms with E-state index < -0.39 is 10.9 Å². The van der Waals surface area contributed by atoms with Crippen molar-refractivity contribution in [1.82, 2.24) is 0 Å². The second kappa shape index (κ2) is 8.41. The Morgan fingerprint density at radius 3 is 1.83 bits per heavy atom. The maximum Gasteiger partial charge on any atom is 0.339 e. The van der Waals surface area contributed by atoms with Gasteiger partial charge >= 0.3 is 16.9 Å². The highest BCUT2D eigenvalue weighted by Crippen LogP contribution is 2.29. The molecule has 2 aromatic heterocycles. The van der Waals surface area contributed by atoms with E-state index in [1.807, 2.05) is 0 Å². The van der Waals surface area contributed by atoms with E-state index in [1.54, 1.807) is 12.3 Å². The smallest absolute Gasteiger partial charge is 0.339 e. The molecule has 2 aromatic rings. The molecule has 0 spiro atoms. The molecule has 0 unspecified atom stereocenters. The van der Waals surface area contributed by atoms with E-state index >= 15 is 0 Å². The topological polar surface area (TPSA) is 122 Å². The van der Waals surface area contributed by atoms with Crippen LogP contribution in [0.3, 0.4) is 0 Å². The number of hydrogen-bond acceptors (Lipinski definition) is 9. The summed E-state index contributed by atoms with van der Waals surface area (Å²) in [6.45, 7) is 3.33. The number of nitrogens with two attached hydrogens (primary N) is 1. The van der Waals surface area contributed by atoms with Gasteiger partial charge in [-0.1, -0.05) is 11.3 Å². The first-order chi connectivity index (χ1) is 11.2. The third-order valence-electron chi connectivity index (χ3n) is 3.07. The van der Waals surface area contributed by atoms with Crippen LogP contribution < -0.4 is 5.73 Å². The third kappa shape index (κ3) is 4.30. The molecular weight excluding hydrogens is 356 g/mol. The zero-order valence-corrected chi connectivity index (χ0v) is 15.1. The molecular formula is C14H16N2O6S2. The number of nitrogens with zero attached hydrogens (tertiary/aromatic N) is 1. The lowest BCUT2D eigenvalue weighted by Gasteiger charge is -1.96. The molecule has 0 amide bonds. The monoisotopic (exact) mass is 372 g/mol. The van der Waals surface area contributed by atoms with Crippen molar-refractivity contribution in [2.45, 2.75) is 13.8 Å². The van der Waals surface area contributed by atoms with Crippen LogP contribution in [0.4, 0.5) is 10.0 Å². The molecule has 0 aliphatic carbocycles. The minimum atomic E-state index is -0.540. The van der Waals surface area contributed by atoms with E-state index in [9.17, 15) is 19.7 Å². The molecule has 10 heteroatoms. The van der Waals surface area contributed by atoms with Crippen LogP contribution in [0.5, 0.6) is 0 Å². The zero-order valence-electron chi connectivity index (χ0n) is 13.4. The highest BCUT2D eigenvalue weighted by Gasteiger charge is 2.21.